The average molecular weight is 273 g/mol. The van der Waals surface area contributed by atoms with Crippen LogP contribution in [0.4, 0.5) is 0 Å². The third-order valence-corrected chi connectivity index (χ3v) is 1.99. The van der Waals surface area contributed by atoms with E-state index in [0.29, 0.717) is 0 Å². The van der Waals surface area contributed by atoms with E-state index >= 15 is 0 Å². The van der Waals surface area contributed by atoms with Gasteiger partial charge in [0, 0.05) is 17.4 Å². The quantitative estimate of drug-likeness (QED) is 0.866. The molecule has 1 atom stereocenters. The number of nitrogens with one attached hydrogen (secondary N) is 1. The highest BCUT2D eigenvalue weighted by Gasteiger charge is 2.13. The first-order chi connectivity index (χ1) is 16.4. The largest absolute Gasteiger partial charge is 0.485 e. The van der Waals surface area contributed by atoms with Gasteiger partial charge >= 0.3 is 0 Å². The molecule has 0 aliphatic rings. The predicted molar refractivity (Wildman–Crippen MR) is 79.5 cm³/mol. The molecule has 0 bridgehead atoms. The minimum absolute atomic E-state index is 0.880. The lowest BCUT2D eigenvalue weighted by atomic mass is 10.1. The summed E-state index contributed by atoms with van der Waals surface area (Å²) in [5.41, 5.74) is -2.12. The van der Waals surface area contributed by atoms with Gasteiger partial charge in [0.2, 0.25) is 0 Å². The first-order valence-electron chi connectivity index (χ1n) is 14.1. The SMILES string of the molecule is [2H]c1c([2H])c([2H])c(C([2H])(CC([2H])([2H])NC([2H])([2H])[2H])Oc2c([2H])c([2H])c([2H])c([2H])c2C([2H])([2H])[2H])c([2H])c1[2H]. The highest BCUT2D eigenvalue weighted by molar-refractivity contribution is 5.33. The molecule has 1 N–H and O–H groups in total. The van der Waals surface area contributed by atoms with E-state index in [4.69, 9.17) is 29.4 Å². The highest BCUT2D eigenvalue weighted by atomic mass is 16.5. The van der Waals surface area contributed by atoms with E-state index in [0.717, 1.165) is 0 Å². The van der Waals surface area contributed by atoms with E-state index in [2.05, 4.69) is 0 Å². The van der Waals surface area contributed by atoms with Gasteiger partial charge in [0.15, 0.2) is 0 Å². The first-order valence-corrected chi connectivity index (χ1v) is 5.12. The molecule has 0 aliphatic heterocycles. The van der Waals surface area contributed by atoms with Gasteiger partial charge in [0.1, 0.15) is 11.8 Å². The predicted octanol–water partition coefficient (Wildman–Crippen LogP) is 3.72. The fraction of sp³-hybridized carbons (Fsp3) is 0.294. The van der Waals surface area contributed by atoms with Crippen LogP contribution in [0.2, 0.25) is 0 Å². The Morgan fingerprint density at radius 2 is 2.05 bits per heavy atom. The normalized spacial score (nSPS) is 29.5. The molecule has 2 rings (SSSR count). The van der Waals surface area contributed by atoms with E-state index in [-0.39, 0.29) is 0 Å². The van der Waals surface area contributed by atoms with Crippen molar-refractivity contribution in [2.75, 3.05) is 13.5 Å². The molecule has 0 aliphatic carbocycles. The van der Waals surface area contributed by atoms with Crippen molar-refractivity contribution in [2.24, 2.45) is 0 Å². The van der Waals surface area contributed by atoms with Gasteiger partial charge in [-0.05, 0) is 37.5 Å². The molecule has 0 radical (unpaired) electrons. The van der Waals surface area contributed by atoms with Crippen LogP contribution in [0.1, 0.15) is 48.3 Å². The lowest BCUT2D eigenvalue weighted by molar-refractivity contribution is 0.193. The van der Waals surface area contributed by atoms with Crippen molar-refractivity contribution in [1.82, 2.24) is 5.32 Å². The van der Waals surface area contributed by atoms with E-state index in [9.17, 15) is 0 Å². The zero-order valence-corrected chi connectivity index (χ0v) is 9.62. The van der Waals surface area contributed by atoms with Gasteiger partial charge in [-0.3, -0.25) is 0 Å². The summed E-state index contributed by atoms with van der Waals surface area (Å²) in [6.07, 6.45) is -4.62. The van der Waals surface area contributed by atoms with Crippen molar-refractivity contribution in [3.8, 4) is 5.75 Å². The van der Waals surface area contributed by atoms with E-state index in [1.54, 1.807) is 5.32 Å². The minimum Gasteiger partial charge on any atom is -0.485 e. The molecule has 0 heterocycles. The van der Waals surface area contributed by atoms with Gasteiger partial charge < -0.3 is 10.1 Å². The second-order valence-corrected chi connectivity index (χ2v) is 3.21. The standard InChI is InChI=1S/C17H21NO/c1-14-8-6-7-11-16(14)19-17(12-13-18-2)15-9-4-3-5-10-15/h3-11,17-18H,12-13H2,1-2H3/i1D3,2D3,3D,4D,5D,6D,7D,8D,9D,10D,11D,13D2,17D. The van der Waals surface area contributed by atoms with Crippen molar-refractivity contribution >= 4 is 0 Å². The van der Waals surface area contributed by atoms with Crippen LogP contribution < -0.4 is 10.1 Å². The van der Waals surface area contributed by atoms with Gasteiger partial charge in [-0.15, -0.1) is 0 Å². The summed E-state index contributed by atoms with van der Waals surface area (Å²) in [6, 6.07) is -9.03. The Morgan fingerprint density at radius 1 is 1.26 bits per heavy atom. The van der Waals surface area contributed by atoms with Crippen LogP contribution >= 0.6 is 0 Å². The van der Waals surface area contributed by atoms with Crippen LogP contribution in [0, 0.1) is 6.85 Å². The molecule has 0 saturated heterocycles. The number of rotatable bonds is 6. The first kappa shape index (κ1) is 3.44. The third-order valence-electron chi connectivity index (χ3n) is 1.99. The summed E-state index contributed by atoms with van der Waals surface area (Å²) >= 11 is 0. The summed E-state index contributed by atoms with van der Waals surface area (Å²) in [5.74, 6) is -1.16. The molecule has 0 saturated carbocycles. The summed E-state index contributed by atoms with van der Waals surface area (Å²) in [4.78, 5) is 0. The maximum Gasteiger partial charge on any atom is 0.125 e. The topological polar surface area (TPSA) is 21.3 Å². The van der Waals surface area contributed by atoms with Gasteiger partial charge in [0.25, 0.3) is 0 Å². The Bertz CT molecular complexity index is 1190. The van der Waals surface area contributed by atoms with E-state index < -0.39 is 104 Å². The maximum absolute atomic E-state index is 8.91. The molecule has 100 valence electrons. The van der Waals surface area contributed by atoms with Gasteiger partial charge in [-0.2, -0.15) is 0 Å². The monoisotopic (exact) mass is 273 g/mol. The lowest BCUT2D eigenvalue weighted by Crippen LogP contribution is -2.16. The summed E-state index contributed by atoms with van der Waals surface area (Å²) in [5, 5.41) is 1.60. The zero-order chi connectivity index (χ0) is 29.0. The molecule has 2 heteroatoms. The van der Waals surface area contributed by atoms with Crippen molar-refractivity contribution in [2.45, 2.75) is 19.4 Å². The Morgan fingerprint density at radius 3 is 2.84 bits per heavy atom. The van der Waals surface area contributed by atoms with Gasteiger partial charge in [-0.1, -0.05) is 48.3 Å². The highest BCUT2D eigenvalue weighted by Crippen LogP contribution is 2.26. The van der Waals surface area contributed by atoms with Crippen LogP contribution in [0.25, 0.3) is 0 Å². The Labute approximate surface area is 140 Å². The maximum atomic E-state index is 8.91. The number of hydrogen-bond donors (Lipinski definition) is 1. The number of para-hydroxylation sites is 1. The van der Waals surface area contributed by atoms with Crippen molar-refractivity contribution < 1.29 is 29.4 Å². The fourth-order valence-electron chi connectivity index (χ4n) is 1.19. The van der Waals surface area contributed by atoms with Crippen LogP contribution in [0.5, 0.6) is 5.75 Å². The van der Waals surface area contributed by atoms with E-state index in [1.165, 1.54) is 0 Å². The third kappa shape index (κ3) is 3.83. The summed E-state index contributed by atoms with van der Waals surface area (Å²) < 4.78 is 147. The molecule has 2 aromatic carbocycles. The van der Waals surface area contributed by atoms with Crippen LogP contribution in [0.3, 0.4) is 0 Å². The number of benzene rings is 2. The van der Waals surface area contributed by atoms with Crippen LogP contribution in [-0.4, -0.2) is 13.5 Å². The van der Waals surface area contributed by atoms with Crippen LogP contribution in [0.15, 0.2) is 54.4 Å². The molecule has 19 heavy (non-hydrogen) atoms. The molecule has 0 spiro atoms. The lowest BCUT2D eigenvalue weighted by Gasteiger charge is -2.20. The Hall–Kier alpha value is -1.80. The molecule has 1 unspecified atom stereocenters. The van der Waals surface area contributed by atoms with Crippen molar-refractivity contribution in [3.63, 3.8) is 0 Å². The molecular weight excluding hydrogens is 234 g/mol. The van der Waals surface area contributed by atoms with Crippen molar-refractivity contribution in [1.29, 1.82) is 0 Å². The van der Waals surface area contributed by atoms with Gasteiger partial charge in [-0.25, -0.2) is 0 Å². The smallest absolute Gasteiger partial charge is 0.125 e. The molecule has 2 nitrogen and oxygen atoms in total. The van der Waals surface area contributed by atoms with E-state index in [1.807, 2.05) is 0 Å². The summed E-state index contributed by atoms with van der Waals surface area (Å²) in [7, 11) is 0. The molecule has 0 fully saturated rings. The molecule has 0 amide bonds. The second-order valence-electron chi connectivity index (χ2n) is 3.21. The molecule has 2 aromatic rings. The average Bonchev–Trinajstić information content (AvgIpc) is 2.70. The van der Waals surface area contributed by atoms with Gasteiger partial charge in [0.05, 0.1) is 13.7 Å². The number of hydrogen-bond acceptors (Lipinski definition) is 2. The van der Waals surface area contributed by atoms with Crippen LogP contribution in [-0.2, 0) is 0 Å². The zero-order valence-electron chi connectivity index (χ0n) is 27.6. The fourth-order valence-corrected chi connectivity index (χ4v) is 1.19. The number of ether oxygens (including phenoxy) is 1. The molecule has 0 aromatic heterocycles. The second kappa shape index (κ2) is 6.95. The van der Waals surface area contributed by atoms with Crippen molar-refractivity contribution in [3.05, 3.63) is 65.5 Å². The Kier molecular flexibility index (Phi) is 1.26. The molecular formula is C17H21NO. The Balaban J connectivity index is 2.99. The minimum atomic E-state index is -3.26. The summed E-state index contributed by atoms with van der Waals surface area (Å²) in [6.45, 7) is -9.45.